The lowest BCUT2D eigenvalue weighted by Crippen LogP contribution is -2.34. The quantitative estimate of drug-likeness (QED) is 0.799. The van der Waals surface area contributed by atoms with Crippen molar-refractivity contribution in [1.29, 1.82) is 0 Å². The van der Waals surface area contributed by atoms with Crippen LogP contribution >= 0.6 is 0 Å². The van der Waals surface area contributed by atoms with Gasteiger partial charge >= 0.3 is 5.69 Å². The van der Waals surface area contributed by atoms with Crippen molar-refractivity contribution in [2.75, 3.05) is 39.6 Å². The van der Waals surface area contributed by atoms with Gasteiger partial charge in [0.1, 0.15) is 12.7 Å². The molecule has 1 N–H and O–H groups in total. The van der Waals surface area contributed by atoms with Crippen LogP contribution in [0.5, 0.6) is 5.88 Å². The molecular weight excluding hydrogens is 376 g/mol. The first-order chi connectivity index (χ1) is 14.2. The van der Waals surface area contributed by atoms with E-state index in [4.69, 9.17) is 18.9 Å². The van der Waals surface area contributed by atoms with Crippen LogP contribution in [0.15, 0.2) is 29.1 Å². The van der Waals surface area contributed by atoms with E-state index < -0.39 is 6.10 Å². The summed E-state index contributed by atoms with van der Waals surface area (Å²) in [7, 11) is 0. The second kappa shape index (κ2) is 7.87. The zero-order valence-corrected chi connectivity index (χ0v) is 16.1. The predicted molar refractivity (Wildman–Crippen MR) is 103 cm³/mol. The minimum atomic E-state index is -0.521. The van der Waals surface area contributed by atoms with Gasteiger partial charge in [0.25, 0.3) is 0 Å². The van der Waals surface area contributed by atoms with Crippen LogP contribution in [0.2, 0.25) is 0 Å². The number of hydrogen-bond donors (Lipinski definition) is 1. The molecule has 1 aromatic carbocycles. The van der Waals surface area contributed by atoms with Crippen molar-refractivity contribution in [2.24, 2.45) is 5.92 Å². The summed E-state index contributed by atoms with van der Waals surface area (Å²) in [6, 6.07) is 7.75. The molecule has 2 atom stereocenters. The molecule has 0 amide bonds. The largest absolute Gasteiger partial charge is 0.475 e. The van der Waals surface area contributed by atoms with E-state index in [1.165, 1.54) is 0 Å². The average molecular weight is 400 g/mol. The molecule has 5 rings (SSSR count). The highest BCUT2D eigenvalue weighted by Gasteiger charge is 2.29. The third-order valence-corrected chi connectivity index (χ3v) is 5.75. The van der Waals surface area contributed by atoms with Crippen molar-refractivity contribution in [2.45, 2.75) is 25.2 Å². The minimum absolute atomic E-state index is 0.154. The second-order valence-electron chi connectivity index (χ2n) is 7.70. The number of aliphatic hydroxyl groups excluding tert-OH is 1. The average Bonchev–Trinajstić information content (AvgIpc) is 2.71. The number of aryl methyl sites for hydroxylation is 1. The summed E-state index contributed by atoms with van der Waals surface area (Å²) in [5.41, 5.74) is 3.45. The molecular formula is C21H24N2O6. The summed E-state index contributed by atoms with van der Waals surface area (Å²) in [5, 5.41) is 10.5. The number of rotatable bonds is 5. The van der Waals surface area contributed by atoms with Gasteiger partial charge in [-0.25, -0.2) is 4.79 Å². The Hall–Kier alpha value is -2.26. The SMILES string of the molecule is O=c1nc(OC[C@@H]2COCCO2)cc2n1CCc1cc(C(O)C3COC3)ccc1-2. The van der Waals surface area contributed by atoms with E-state index in [0.717, 1.165) is 28.8 Å². The fourth-order valence-corrected chi connectivity index (χ4v) is 4.00. The maximum atomic E-state index is 12.5. The van der Waals surface area contributed by atoms with Gasteiger partial charge in [0, 0.05) is 24.1 Å². The van der Waals surface area contributed by atoms with Gasteiger partial charge in [-0.2, -0.15) is 4.98 Å². The zero-order valence-electron chi connectivity index (χ0n) is 16.1. The Morgan fingerprint density at radius 3 is 2.86 bits per heavy atom. The van der Waals surface area contributed by atoms with Crippen LogP contribution in [0.3, 0.4) is 0 Å². The lowest BCUT2D eigenvalue weighted by Gasteiger charge is -2.31. The number of benzene rings is 1. The molecule has 8 heteroatoms. The predicted octanol–water partition coefficient (Wildman–Crippen LogP) is 0.940. The third kappa shape index (κ3) is 3.69. The van der Waals surface area contributed by atoms with E-state index in [2.05, 4.69) is 4.98 Å². The van der Waals surface area contributed by atoms with E-state index in [-0.39, 0.29) is 24.3 Å². The molecule has 0 spiro atoms. The van der Waals surface area contributed by atoms with E-state index in [1.807, 2.05) is 18.2 Å². The van der Waals surface area contributed by atoms with E-state index in [0.29, 0.717) is 45.5 Å². The summed E-state index contributed by atoms with van der Waals surface area (Å²) in [4.78, 5) is 16.6. The van der Waals surface area contributed by atoms with Gasteiger partial charge in [0.15, 0.2) is 0 Å². The number of fused-ring (bicyclic) bond motifs is 3. The number of aromatic nitrogens is 2. The molecule has 1 unspecified atom stereocenters. The van der Waals surface area contributed by atoms with Gasteiger partial charge in [-0.05, 0) is 17.5 Å². The van der Waals surface area contributed by atoms with Gasteiger partial charge in [-0.15, -0.1) is 0 Å². The van der Waals surface area contributed by atoms with Crippen LogP contribution in [0.4, 0.5) is 0 Å². The van der Waals surface area contributed by atoms with Crippen LogP contribution in [0.25, 0.3) is 11.3 Å². The van der Waals surface area contributed by atoms with Gasteiger partial charge in [0.05, 0.1) is 44.8 Å². The summed E-state index contributed by atoms with van der Waals surface area (Å²) in [6.45, 7) is 3.65. The molecule has 4 heterocycles. The first kappa shape index (κ1) is 18.7. The zero-order chi connectivity index (χ0) is 19.8. The molecule has 154 valence electrons. The smallest absolute Gasteiger partial charge is 0.351 e. The highest BCUT2D eigenvalue weighted by atomic mass is 16.6. The molecule has 2 aromatic rings. The van der Waals surface area contributed by atoms with Crippen LogP contribution in [-0.2, 0) is 27.2 Å². The Morgan fingerprint density at radius 2 is 2.10 bits per heavy atom. The van der Waals surface area contributed by atoms with Crippen molar-refractivity contribution >= 4 is 0 Å². The standard InChI is InChI=1S/C21H24N2O6/c24-20(15-9-27-10-15)14-1-2-17-13(7-14)3-4-23-18(17)8-19(22-21(23)25)29-12-16-11-26-5-6-28-16/h1-2,7-8,15-16,20,24H,3-6,9-12H2/t16-,20?/m0/s1. The van der Waals surface area contributed by atoms with Crippen LogP contribution in [-0.4, -0.2) is 60.4 Å². The molecule has 0 radical (unpaired) electrons. The summed E-state index contributed by atoms with van der Waals surface area (Å²) < 4.78 is 23.6. The summed E-state index contributed by atoms with van der Waals surface area (Å²) in [5.74, 6) is 0.445. The fraction of sp³-hybridized carbons (Fsp3) is 0.524. The summed E-state index contributed by atoms with van der Waals surface area (Å²) in [6.07, 6.45) is 0.0439. The maximum Gasteiger partial charge on any atom is 0.351 e. The Kier molecular flexibility index (Phi) is 5.09. The third-order valence-electron chi connectivity index (χ3n) is 5.75. The monoisotopic (exact) mass is 400 g/mol. The first-order valence-electron chi connectivity index (χ1n) is 10.0. The Bertz CT molecular complexity index is 949. The van der Waals surface area contributed by atoms with Crippen LogP contribution < -0.4 is 10.4 Å². The van der Waals surface area contributed by atoms with Crippen molar-refractivity contribution in [1.82, 2.24) is 9.55 Å². The molecule has 0 bridgehead atoms. The van der Waals surface area contributed by atoms with Crippen LogP contribution in [0, 0.1) is 5.92 Å². The molecule has 29 heavy (non-hydrogen) atoms. The highest BCUT2D eigenvalue weighted by molar-refractivity contribution is 5.67. The lowest BCUT2D eigenvalue weighted by atomic mass is 9.89. The Labute approximate surface area is 168 Å². The number of ether oxygens (including phenoxy) is 4. The molecule has 0 saturated carbocycles. The molecule has 3 aliphatic heterocycles. The second-order valence-corrected chi connectivity index (χ2v) is 7.70. The Morgan fingerprint density at radius 1 is 1.21 bits per heavy atom. The molecule has 1 aromatic heterocycles. The fourth-order valence-electron chi connectivity index (χ4n) is 4.00. The van der Waals surface area contributed by atoms with Gasteiger partial charge < -0.3 is 24.1 Å². The van der Waals surface area contributed by atoms with E-state index >= 15 is 0 Å². The number of hydrogen-bond acceptors (Lipinski definition) is 7. The highest BCUT2D eigenvalue weighted by Crippen LogP contribution is 2.34. The van der Waals surface area contributed by atoms with E-state index in [1.54, 1.807) is 10.6 Å². The maximum absolute atomic E-state index is 12.5. The van der Waals surface area contributed by atoms with E-state index in [9.17, 15) is 9.90 Å². The van der Waals surface area contributed by atoms with Crippen LogP contribution in [0.1, 0.15) is 17.2 Å². The first-order valence-corrected chi connectivity index (χ1v) is 10.0. The van der Waals surface area contributed by atoms with Gasteiger partial charge in [-0.1, -0.05) is 18.2 Å². The number of aliphatic hydroxyl groups is 1. The lowest BCUT2D eigenvalue weighted by molar-refractivity contribution is -0.102. The van der Waals surface area contributed by atoms with Crippen molar-refractivity contribution < 1.29 is 24.1 Å². The van der Waals surface area contributed by atoms with Crippen molar-refractivity contribution in [3.63, 3.8) is 0 Å². The molecule has 0 aliphatic carbocycles. The summed E-state index contributed by atoms with van der Waals surface area (Å²) >= 11 is 0. The van der Waals surface area contributed by atoms with Gasteiger partial charge in [-0.3, -0.25) is 4.57 Å². The normalized spacial score (nSPS) is 22.3. The topological polar surface area (TPSA) is 92.0 Å². The van der Waals surface area contributed by atoms with Crippen molar-refractivity contribution in [3.05, 3.63) is 45.9 Å². The van der Waals surface area contributed by atoms with Gasteiger partial charge in [0.2, 0.25) is 5.88 Å². The molecule has 2 fully saturated rings. The minimum Gasteiger partial charge on any atom is -0.475 e. The molecule has 8 nitrogen and oxygen atoms in total. The molecule has 3 aliphatic rings. The van der Waals surface area contributed by atoms with Crippen molar-refractivity contribution in [3.8, 4) is 17.1 Å². The number of nitrogens with zero attached hydrogens (tertiary/aromatic N) is 2. The Balaban J connectivity index is 1.40. The molecule has 2 saturated heterocycles.